The third-order valence-corrected chi connectivity index (χ3v) is 3.57. The van der Waals surface area contributed by atoms with E-state index in [1.165, 1.54) is 7.11 Å². The smallest absolute Gasteiger partial charge is 0.468 e. The summed E-state index contributed by atoms with van der Waals surface area (Å²) in [6.45, 7) is 0.188. The quantitative estimate of drug-likeness (QED) is 0.720. The predicted octanol–water partition coefficient (Wildman–Crippen LogP) is 0.533. The topological polar surface area (TPSA) is 116 Å². The molecule has 1 aliphatic carbocycles. The molecule has 0 saturated heterocycles. The van der Waals surface area contributed by atoms with Gasteiger partial charge >= 0.3 is 18.2 Å². The summed E-state index contributed by atoms with van der Waals surface area (Å²) in [5.74, 6) is -2.29. The summed E-state index contributed by atoms with van der Waals surface area (Å²) in [6, 6.07) is -0.365. The van der Waals surface area contributed by atoms with Crippen LogP contribution in [0.5, 0.6) is 12.0 Å². The van der Waals surface area contributed by atoms with Gasteiger partial charge in [-0.1, -0.05) is 12.8 Å². The number of hydrogen-bond acceptors (Lipinski definition) is 7. The van der Waals surface area contributed by atoms with Crippen LogP contribution in [-0.2, 0) is 4.79 Å². The van der Waals surface area contributed by atoms with Gasteiger partial charge in [0.05, 0.1) is 13.7 Å². The number of alkyl halides is 3. The number of aromatic amines is 1. The van der Waals surface area contributed by atoms with Crippen LogP contribution in [0.3, 0.4) is 0 Å². The summed E-state index contributed by atoms with van der Waals surface area (Å²) < 4.78 is 48.2. The maximum atomic E-state index is 12.5. The molecule has 2 aromatic heterocycles. The number of anilines is 1. The van der Waals surface area contributed by atoms with Gasteiger partial charge in [-0.2, -0.15) is 18.2 Å². The largest absolute Gasteiger partial charge is 0.495 e. The number of nitrogen functional groups attached to an aromatic ring is 1. The Labute approximate surface area is 138 Å². The highest BCUT2D eigenvalue weighted by Gasteiger charge is 2.44. The molecule has 3 N–H and O–H groups in total. The molecule has 2 heterocycles. The minimum Gasteiger partial charge on any atom is -0.468 e. The lowest BCUT2D eigenvalue weighted by Crippen LogP contribution is -2.53. The first kappa shape index (κ1) is 17.0. The van der Waals surface area contributed by atoms with Gasteiger partial charge in [-0.05, 0) is 22.1 Å². The highest BCUT2D eigenvalue weighted by atomic mass is 19.4. The van der Waals surface area contributed by atoms with Gasteiger partial charge in [0.1, 0.15) is 0 Å². The van der Waals surface area contributed by atoms with Crippen molar-refractivity contribution in [1.29, 1.82) is 0 Å². The van der Waals surface area contributed by atoms with E-state index in [0.29, 0.717) is 17.1 Å². The standard InChI is InChI=1S/C13H14F3N5O4/c1-23-11-18-7-8(17)21(25-10(22)13(14,15)16)12(20-9(7)19-11)24-5-4-6-2-3-6/h6H,2-5H2,1H3,(H2,17,18,19)/p+1. The zero-order valence-corrected chi connectivity index (χ0v) is 13.1. The summed E-state index contributed by atoms with van der Waals surface area (Å²) in [5.41, 5.74) is 5.89. The van der Waals surface area contributed by atoms with Gasteiger partial charge in [0, 0.05) is 0 Å². The third kappa shape index (κ3) is 3.67. The first-order valence-corrected chi connectivity index (χ1v) is 7.37. The van der Waals surface area contributed by atoms with Gasteiger partial charge in [-0.25, -0.2) is 4.79 Å². The summed E-state index contributed by atoms with van der Waals surface area (Å²) in [7, 11) is 1.33. The summed E-state index contributed by atoms with van der Waals surface area (Å²) in [5, 5.41) is 0. The van der Waals surface area contributed by atoms with Crippen LogP contribution in [0.1, 0.15) is 19.3 Å². The molecule has 25 heavy (non-hydrogen) atoms. The van der Waals surface area contributed by atoms with E-state index < -0.39 is 18.2 Å². The van der Waals surface area contributed by atoms with Gasteiger partial charge in [-0.3, -0.25) is 9.82 Å². The molecule has 136 valence electrons. The molecule has 0 amide bonds. The van der Waals surface area contributed by atoms with Crippen LogP contribution in [0.2, 0.25) is 0 Å². The number of nitrogens with one attached hydrogen (secondary N) is 1. The Balaban J connectivity index is 1.95. The average Bonchev–Trinajstić information content (AvgIpc) is 3.27. The first-order valence-electron chi connectivity index (χ1n) is 7.37. The number of ether oxygens (including phenoxy) is 2. The fraction of sp³-hybridized carbons (Fsp3) is 0.538. The molecule has 1 saturated carbocycles. The highest BCUT2D eigenvalue weighted by Crippen LogP contribution is 2.32. The Morgan fingerprint density at radius 2 is 2.12 bits per heavy atom. The Morgan fingerprint density at radius 1 is 1.40 bits per heavy atom. The number of aromatic nitrogens is 4. The maximum absolute atomic E-state index is 12.5. The lowest BCUT2D eigenvalue weighted by atomic mass is 10.3. The number of carbonyl (C=O) groups is 1. The molecule has 0 bridgehead atoms. The van der Waals surface area contributed by atoms with Crippen molar-refractivity contribution in [2.45, 2.75) is 25.4 Å². The van der Waals surface area contributed by atoms with Crippen molar-refractivity contribution in [2.75, 3.05) is 19.5 Å². The van der Waals surface area contributed by atoms with E-state index in [9.17, 15) is 18.0 Å². The van der Waals surface area contributed by atoms with Crippen molar-refractivity contribution in [3.8, 4) is 12.0 Å². The number of methoxy groups -OCH3 is 1. The second kappa shape index (κ2) is 6.26. The number of fused-ring (bicyclic) bond motifs is 1. The number of nitrogens with two attached hydrogens (primary N) is 1. The van der Waals surface area contributed by atoms with Crippen LogP contribution >= 0.6 is 0 Å². The Hall–Kier alpha value is -2.79. The lowest BCUT2D eigenvalue weighted by molar-refractivity contribution is -0.862. The third-order valence-electron chi connectivity index (χ3n) is 3.57. The maximum Gasteiger partial charge on any atom is 0.495 e. The van der Waals surface area contributed by atoms with Crippen molar-refractivity contribution in [3.63, 3.8) is 0 Å². The van der Waals surface area contributed by atoms with Gasteiger partial charge in [-0.15, -0.1) is 0 Å². The molecule has 9 nitrogen and oxygen atoms in total. The molecule has 1 fully saturated rings. The molecule has 0 atom stereocenters. The SMILES string of the molecule is COc1nc2nc(OCCC3CC3)[n+](OC(=O)C(F)(F)F)c(N)c2[nH]1. The molecule has 0 unspecified atom stereocenters. The molecule has 3 rings (SSSR count). The molecular weight excluding hydrogens is 347 g/mol. The summed E-state index contributed by atoms with van der Waals surface area (Å²) >= 11 is 0. The normalized spacial score (nSPS) is 14.6. The van der Waals surface area contributed by atoms with E-state index in [0.717, 1.165) is 12.8 Å². The number of H-pyrrole nitrogens is 1. The van der Waals surface area contributed by atoms with Crippen LogP contribution < -0.4 is 24.8 Å². The van der Waals surface area contributed by atoms with Crippen molar-refractivity contribution in [2.24, 2.45) is 5.92 Å². The Bertz CT molecular complexity index is 803. The first-order chi connectivity index (χ1) is 11.8. The van der Waals surface area contributed by atoms with Crippen molar-refractivity contribution in [3.05, 3.63) is 0 Å². The minimum atomic E-state index is -5.20. The van der Waals surface area contributed by atoms with Crippen molar-refractivity contribution < 1.29 is 37.0 Å². The van der Waals surface area contributed by atoms with E-state index in [1.54, 1.807) is 0 Å². The predicted molar refractivity (Wildman–Crippen MR) is 75.5 cm³/mol. The van der Waals surface area contributed by atoms with Gasteiger partial charge in [0.15, 0.2) is 5.52 Å². The van der Waals surface area contributed by atoms with E-state index in [-0.39, 0.29) is 29.6 Å². The molecule has 0 aliphatic heterocycles. The Kier molecular flexibility index (Phi) is 4.27. The summed E-state index contributed by atoms with van der Waals surface area (Å²) in [4.78, 5) is 26.0. The Morgan fingerprint density at radius 3 is 2.72 bits per heavy atom. The van der Waals surface area contributed by atoms with E-state index >= 15 is 0 Å². The van der Waals surface area contributed by atoms with Crippen LogP contribution in [0.4, 0.5) is 19.0 Å². The monoisotopic (exact) mass is 362 g/mol. The fourth-order valence-electron chi connectivity index (χ4n) is 2.08. The van der Waals surface area contributed by atoms with Crippen LogP contribution in [0.25, 0.3) is 11.2 Å². The highest BCUT2D eigenvalue weighted by molar-refractivity contribution is 5.80. The second-order valence-corrected chi connectivity index (χ2v) is 5.48. The van der Waals surface area contributed by atoms with Crippen LogP contribution in [0.15, 0.2) is 0 Å². The number of halogens is 3. The minimum absolute atomic E-state index is 0.0398. The van der Waals surface area contributed by atoms with E-state index in [4.69, 9.17) is 15.2 Å². The zero-order valence-electron chi connectivity index (χ0n) is 13.1. The molecule has 1 aliphatic rings. The van der Waals surface area contributed by atoms with Gasteiger partial charge in [0.2, 0.25) is 0 Å². The zero-order chi connectivity index (χ0) is 18.2. The number of imidazole rings is 1. The van der Waals surface area contributed by atoms with Gasteiger partial charge < -0.3 is 15.2 Å². The van der Waals surface area contributed by atoms with Crippen molar-refractivity contribution in [1.82, 2.24) is 15.0 Å². The summed E-state index contributed by atoms with van der Waals surface area (Å²) in [6.07, 6.45) is -2.34. The molecule has 0 aromatic carbocycles. The average molecular weight is 362 g/mol. The molecule has 2 aromatic rings. The number of carbonyl (C=O) groups excluding carboxylic acids is 1. The molecular formula is C13H15F3N5O4+. The van der Waals surface area contributed by atoms with E-state index in [2.05, 4.69) is 19.8 Å². The number of rotatable bonds is 6. The second-order valence-electron chi connectivity index (χ2n) is 5.48. The van der Waals surface area contributed by atoms with Crippen LogP contribution in [-0.4, -0.2) is 40.8 Å². The number of nitrogens with zero attached hydrogens (tertiary/aromatic N) is 3. The van der Waals surface area contributed by atoms with E-state index in [1.807, 2.05) is 0 Å². The molecule has 0 spiro atoms. The fourth-order valence-corrected chi connectivity index (χ4v) is 2.08. The molecule has 12 heteroatoms. The molecule has 0 radical (unpaired) electrons. The van der Waals surface area contributed by atoms with Crippen molar-refractivity contribution >= 4 is 23.0 Å². The van der Waals surface area contributed by atoms with Crippen LogP contribution in [0, 0.1) is 5.92 Å². The lowest BCUT2D eigenvalue weighted by Gasteiger charge is -2.09. The van der Waals surface area contributed by atoms with Gasteiger partial charge in [0.25, 0.3) is 17.5 Å². The number of hydrogen-bond donors (Lipinski definition) is 2.